The molecule has 1 aliphatic rings. The molecular formula is C16H29N3. The Hall–Kier alpha value is -0.990. The average molecular weight is 263 g/mol. The third-order valence-electron chi connectivity index (χ3n) is 4.29. The molecule has 2 unspecified atom stereocenters. The van der Waals surface area contributed by atoms with Crippen LogP contribution in [-0.2, 0) is 0 Å². The molecule has 0 aromatic carbocycles. The Kier molecular flexibility index (Phi) is 4.89. The Balaban J connectivity index is 1.82. The molecule has 108 valence electrons. The lowest BCUT2D eigenvalue weighted by Crippen LogP contribution is -2.18. The van der Waals surface area contributed by atoms with Gasteiger partial charge in [-0.15, -0.1) is 0 Å². The van der Waals surface area contributed by atoms with Crippen LogP contribution >= 0.6 is 0 Å². The van der Waals surface area contributed by atoms with Crippen molar-refractivity contribution in [2.45, 2.75) is 65.8 Å². The highest BCUT2D eigenvalue weighted by Gasteiger charge is 2.18. The second kappa shape index (κ2) is 6.44. The molecule has 1 heterocycles. The van der Waals surface area contributed by atoms with Gasteiger partial charge in [0, 0.05) is 18.8 Å². The van der Waals surface area contributed by atoms with E-state index in [1.165, 1.54) is 32.1 Å². The van der Waals surface area contributed by atoms with Gasteiger partial charge in [-0.2, -0.15) is 0 Å². The zero-order valence-electron chi connectivity index (χ0n) is 12.9. The number of aromatic nitrogens is 2. The van der Waals surface area contributed by atoms with Crippen molar-refractivity contribution in [3.63, 3.8) is 0 Å². The van der Waals surface area contributed by atoms with Gasteiger partial charge in [0.2, 0.25) is 5.95 Å². The monoisotopic (exact) mass is 263 g/mol. The topological polar surface area (TPSA) is 29.9 Å². The number of nitrogens with one attached hydrogen (secondary N) is 1. The second-order valence-corrected chi connectivity index (χ2v) is 6.56. The van der Waals surface area contributed by atoms with E-state index in [1.54, 1.807) is 0 Å². The first-order chi connectivity index (χ1) is 9.06. The fraction of sp³-hybridized carbons (Fsp3) is 0.812. The molecule has 0 bridgehead atoms. The molecule has 1 fully saturated rings. The van der Waals surface area contributed by atoms with Crippen molar-refractivity contribution in [2.75, 3.05) is 11.9 Å². The van der Waals surface area contributed by atoms with E-state index in [0.717, 1.165) is 30.0 Å². The standard InChI is InChI=1S/C16H29N3/c1-12(2)19-11-14(4)18-16(19)17-9-8-15-7-5-6-13(3)10-15/h11-13,15H,5-10H2,1-4H3,(H,17,18). The summed E-state index contributed by atoms with van der Waals surface area (Å²) in [5.74, 6) is 2.88. The highest BCUT2D eigenvalue weighted by molar-refractivity contribution is 5.29. The minimum Gasteiger partial charge on any atom is -0.356 e. The molecule has 3 heteroatoms. The van der Waals surface area contributed by atoms with Crippen molar-refractivity contribution in [3.05, 3.63) is 11.9 Å². The number of aryl methyl sites for hydroxylation is 1. The molecule has 1 saturated carbocycles. The summed E-state index contributed by atoms with van der Waals surface area (Å²) in [4.78, 5) is 4.58. The van der Waals surface area contributed by atoms with Crippen LogP contribution in [0.5, 0.6) is 0 Å². The molecule has 2 atom stereocenters. The number of imidazole rings is 1. The summed E-state index contributed by atoms with van der Waals surface area (Å²) in [7, 11) is 0. The molecule has 0 saturated heterocycles. The van der Waals surface area contributed by atoms with Crippen LogP contribution in [-0.4, -0.2) is 16.1 Å². The maximum atomic E-state index is 4.58. The van der Waals surface area contributed by atoms with Gasteiger partial charge in [-0.1, -0.05) is 26.2 Å². The molecule has 0 aliphatic heterocycles. The highest BCUT2D eigenvalue weighted by atomic mass is 15.2. The smallest absolute Gasteiger partial charge is 0.203 e. The summed E-state index contributed by atoms with van der Waals surface area (Å²) >= 11 is 0. The van der Waals surface area contributed by atoms with Crippen LogP contribution in [0.2, 0.25) is 0 Å². The first-order valence-electron chi connectivity index (χ1n) is 7.85. The number of anilines is 1. The molecule has 3 nitrogen and oxygen atoms in total. The van der Waals surface area contributed by atoms with Gasteiger partial charge >= 0.3 is 0 Å². The molecule has 1 aliphatic carbocycles. The minimum absolute atomic E-state index is 0.471. The lowest BCUT2D eigenvalue weighted by atomic mass is 9.81. The van der Waals surface area contributed by atoms with E-state index in [4.69, 9.17) is 0 Å². The molecule has 19 heavy (non-hydrogen) atoms. The molecular weight excluding hydrogens is 234 g/mol. The highest BCUT2D eigenvalue weighted by Crippen LogP contribution is 2.30. The lowest BCUT2D eigenvalue weighted by Gasteiger charge is -2.26. The Bertz CT molecular complexity index is 395. The predicted molar refractivity (Wildman–Crippen MR) is 81.6 cm³/mol. The van der Waals surface area contributed by atoms with Crippen LogP contribution in [0.25, 0.3) is 0 Å². The number of hydrogen-bond donors (Lipinski definition) is 1. The normalized spacial score (nSPS) is 23.8. The van der Waals surface area contributed by atoms with Crippen LogP contribution in [0.3, 0.4) is 0 Å². The van der Waals surface area contributed by atoms with E-state index in [-0.39, 0.29) is 0 Å². The summed E-state index contributed by atoms with van der Waals surface area (Å²) in [5, 5.41) is 3.53. The van der Waals surface area contributed by atoms with Crippen molar-refractivity contribution < 1.29 is 0 Å². The fourth-order valence-electron chi connectivity index (χ4n) is 3.25. The van der Waals surface area contributed by atoms with E-state index in [0.29, 0.717) is 6.04 Å². The summed E-state index contributed by atoms with van der Waals surface area (Å²) in [6.07, 6.45) is 9.11. The van der Waals surface area contributed by atoms with E-state index < -0.39 is 0 Å². The van der Waals surface area contributed by atoms with E-state index in [2.05, 4.69) is 48.8 Å². The van der Waals surface area contributed by atoms with Crippen LogP contribution < -0.4 is 5.32 Å². The predicted octanol–water partition coefficient (Wildman–Crippen LogP) is 4.40. The van der Waals surface area contributed by atoms with Crippen molar-refractivity contribution in [1.82, 2.24) is 9.55 Å². The molecule has 1 N–H and O–H groups in total. The SMILES string of the molecule is Cc1cn(C(C)C)c(NCCC2CCCC(C)C2)n1. The van der Waals surface area contributed by atoms with Crippen molar-refractivity contribution in [2.24, 2.45) is 11.8 Å². The van der Waals surface area contributed by atoms with Gasteiger partial charge in [0.25, 0.3) is 0 Å². The first kappa shape index (κ1) is 14.4. The zero-order chi connectivity index (χ0) is 13.8. The third kappa shape index (κ3) is 3.99. The number of hydrogen-bond acceptors (Lipinski definition) is 2. The Morgan fingerprint density at radius 3 is 2.89 bits per heavy atom. The average Bonchev–Trinajstić information content (AvgIpc) is 2.71. The van der Waals surface area contributed by atoms with Gasteiger partial charge in [-0.3, -0.25) is 0 Å². The van der Waals surface area contributed by atoms with Gasteiger partial charge in [0.15, 0.2) is 0 Å². The molecule has 0 spiro atoms. The van der Waals surface area contributed by atoms with Crippen LogP contribution in [0.15, 0.2) is 6.20 Å². The number of rotatable bonds is 5. The summed E-state index contributed by atoms with van der Waals surface area (Å²) in [6.45, 7) is 9.92. The maximum absolute atomic E-state index is 4.58. The maximum Gasteiger partial charge on any atom is 0.203 e. The van der Waals surface area contributed by atoms with Crippen molar-refractivity contribution in [3.8, 4) is 0 Å². The van der Waals surface area contributed by atoms with Crippen LogP contribution in [0.1, 0.15) is 64.6 Å². The van der Waals surface area contributed by atoms with Gasteiger partial charge in [0.1, 0.15) is 0 Å². The van der Waals surface area contributed by atoms with E-state index in [1.807, 2.05) is 0 Å². The van der Waals surface area contributed by atoms with E-state index in [9.17, 15) is 0 Å². The van der Waals surface area contributed by atoms with Crippen molar-refractivity contribution >= 4 is 5.95 Å². The largest absolute Gasteiger partial charge is 0.356 e. The molecule has 1 aromatic heterocycles. The van der Waals surface area contributed by atoms with Crippen molar-refractivity contribution in [1.29, 1.82) is 0 Å². The number of nitrogens with zero attached hydrogens (tertiary/aromatic N) is 2. The Morgan fingerprint density at radius 1 is 1.42 bits per heavy atom. The molecule has 2 rings (SSSR count). The van der Waals surface area contributed by atoms with Gasteiger partial charge < -0.3 is 9.88 Å². The fourth-order valence-corrected chi connectivity index (χ4v) is 3.25. The quantitative estimate of drug-likeness (QED) is 0.853. The van der Waals surface area contributed by atoms with Gasteiger partial charge in [-0.05, 0) is 45.4 Å². The molecule has 0 amide bonds. The van der Waals surface area contributed by atoms with Gasteiger partial charge in [-0.25, -0.2) is 4.98 Å². The van der Waals surface area contributed by atoms with Gasteiger partial charge in [0.05, 0.1) is 5.69 Å². The Morgan fingerprint density at radius 2 is 2.21 bits per heavy atom. The third-order valence-corrected chi connectivity index (χ3v) is 4.29. The van der Waals surface area contributed by atoms with E-state index >= 15 is 0 Å². The zero-order valence-corrected chi connectivity index (χ0v) is 12.9. The molecule has 0 radical (unpaired) electrons. The summed E-state index contributed by atoms with van der Waals surface area (Å²) in [6, 6.07) is 0.471. The van der Waals surface area contributed by atoms with Crippen LogP contribution in [0, 0.1) is 18.8 Å². The summed E-state index contributed by atoms with van der Waals surface area (Å²) < 4.78 is 2.23. The minimum atomic E-state index is 0.471. The van der Waals surface area contributed by atoms with Crippen LogP contribution in [0.4, 0.5) is 5.95 Å². The Labute approximate surface area is 117 Å². The summed E-state index contributed by atoms with van der Waals surface area (Å²) in [5.41, 5.74) is 1.10. The molecule has 1 aromatic rings. The second-order valence-electron chi connectivity index (χ2n) is 6.56. The first-order valence-corrected chi connectivity index (χ1v) is 7.85. The lowest BCUT2D eigenvalue weighted by molar-refractivity contribution is 0.274.